The molecule has 6 nitrogen and oxygen atoms in total. The van der Waals surface area contributed by atoms with Gasteiger partial charge in [-0.3, -0.25) is 4.98 Å². The standard InChI is InChI=1S/C58H36N4.C42H26N2/c1-2-14-38(15-3-1)50-33-31-40-30-32-49-56(48-20-4-9-21-51(48)60-58(49)57(40)59-50)39-28-26-37(27-29-39)41-34-42(61-52-22-10-5-16-44(52)45-17-6-11-23-53(45)61)36-43(35-41)62-54-24-12-7-18-46(54)47-19-8-13-25-55(47)62;1-2-7-31-24-33(16-13-27(31)6-1)36-20-19-34-25-32(17-18-35(34)26-36)28-11-14-29(15-12-28)40-37-9-3-4-10-39(37)44-42-38(40)22-21-30-8-5-23-43-41(30)42/h1-36H;1-26H. The lowest BCUT2D eigenvalue weighted by atomic mass is 9.93. The SMILES string of the molecule is c1ccc(-c2ccc3ccc4c(-c5ccc(-c6cc(-n7c8ccccc8c8ccccc87)cc(-n7c8ccccc8c8ccccc87)c6)cc5)c5ccccc5nc4c3n2)cc1.c1ccc2cc(-c3ccc4cc(-c5ccc(-c6c7ccccc7nc7c6ccc6cccnc67)cc5)ccc4c3)ccc2c1. The molecular formula is C100H62N6. The number of rotatable bonds is 8. The lowest BCUT2D eigenvalue weighted by molar-refractivity contribution is 1.13. The van der Waals surface area contributed by atoms with Crippen molar-refractivity contribution in [3.05, 3.63) is 376 Å². The molecule has 22 rings (SSSR count). The van der Waals surface area contributed by atoms with Gasteiger partial charge in [0, 0.05) is 88.1 Å². The Morgan fingerprint density at radius 2 is 0.557 bits per heavy atom. The van der Waals surface area contributed by atoms with Gasteiger partial charge in [0.15, 0.2) is 0 Å². The number of benzene rings is 16. The van der Waals surface area contributed by atoms with Crippen molar-refractivity contribution >= 4 is 131 Å². The van der Waals surface area contributed by atoms with Crippen molar-refractivity contribution in [2.24, 2.45) is 0 Å². The first-order valence-electron chi connectivity index (χ1n) is 36.1. The van der Waals surface area contributed by atoms with Crippen molar-refractivity contribution in [2.75, 3.05) is 0 Å². The van der Waals surface area contributed by atoms with Gasteiger partial charge in [0.05, 0.1) is 60.9 Å². The third-order valence-corrected chi connectivity index (χ3v) is 21.5. The first kappa shape index (κ1) is 60.6. The van der Waals surface area contributed by atoms with Crippen LogP contribution in [-0.2, 0) is 0 Å². The second-order valence-corrected chi connectivity index (χ2v) is 27.6. The van der Waals surface area contributed by atoms with Crippen LogP contribution in [0.3, 0.4) is 0 Å². The van der Waals surface area contributed by atoms with E-state index in [9.17, 15) is 0 Å². The highest BCUT2D eigenvalue weighted by Crippen LogP contribution is 2.44. The number of para-hydroxylation sites is 6. The molecule has 0 unspecified atom stereocenters. The van der Waals surface area contributed by atoms with Crippen LogP contribution < -0.4 is 0 Å². The second-order valence-electron chi connectivity index (χ2n) is 27.6. The number of hydrogen-bond donors (Lipinski definition) is 0. The van der Waals surface area contributed by atoms with E-state index < -0.39 is 0 Å². The van der Waals surface area contributed by atoms with E-state index in [1.165, 1.54) is 98.5 Å². The molecule has 6 aromatic heterocycles. The summed E-state index contributed by atoms with van der Waals surface area (Å²) in [4.78, 5) is 20.3. The predicted octanol–water partition coefficient (Wildman–Crippen LogP) is 26.4. The van der Waals surface area contributed by atoms with E-state index in [2.05, 4.69) is 367 Å². The molecule has 16 aromatic carbocycles. The van der Waals surface area contributed by atoms with Crippen LogP contribution in [0.15, 0.2) is 376 Å². The molecule has 0 saturated heterocycles. The van der Waals surface area contributed by atoms with Crippen LogP contribution in [0.4, 0.5) is 0 Å². The zero-order chi connectivity index (χ0) is 69.8. The van der Waals surface area contributed by atoms with Gasteiger partial charge < -0.3 is 9.13 Å². The first-order chi connectivity index (χ1) is 52.5. The quantitative estimate of drug-likeness (QED) is 0.112. The Hall–Kier alpha value is -14.2. The van der Waals surface area contributed by atoms with Gasteiger partial charge in [0.2, 0.25) is 0 Å². The molecule has 0 fully saturated rings. The smallest absolute Gasteiger partial charge is 0.0978 e. The molecule has 0 aliphatic rings. The summed E-state index contributed by atoms with van der Waals surface area (Å²) < 4.78 is 4.85. The first-order valence-corrected chi connectivity index (χ1v) is 36.1. The second kappa shape index (κ2) is 24.8. The molecule has 0 radical (unpaired) electrons. The predicted molar refractivity (Wildman–Crippen MR) is 445 cm³/mol. The molecule has 0 N–H and O–H groups in total. The zero-order valence-electron chi connectivity index (χ0n) is 57.5. The van der Waals surface area contributed by atoms with E-state index in [-0.39, 0.29) is 0 Å². The minimum absolute atomic E-state index is 0.909. The highest BCUT2D eigenvalue weighted by Gasteiger charge is 2.21. The molecule has 106 heavy (non-hydrogen) atoms. The van der Waals surface area contributed by atoms with E-state index >= 15 is 0 Å². The van der Waals surface area contributed by atoms with Gasteiger partial charge in [-0.1, -0.05) is 285 Å². The lowest BCUT2D eigenvalue weighted by Gasteiger charge is -2.16. The van der Waals surface area contributed by atoms with Crippen molar-refractivity contribution < 1.29 is 0 Å². The Morgan fingerprint density at radius 3 is 1.08 bits per heavy atom. The maximum absolute atomic E-state index is 5.28. The largest absolute Gasteiger partial charge is 0.309 e. The van der Waals surface area contributed by atoms with Gasteiger partial charge in [-0.05, 0) is 151 Å². The van der Waals surface area contributed by atoms with Crippen LogP contribution in [0.5, 0.6) is 0 Å². The van der Waals surface area contributed by atoms with Crippen LogP contribution in [-0.4, -0.2) is 29.1 Å². The molecule has 22 aromatic rings. The highest BCUT2D eigenvalue weighted by molar-refractivity contribution is 6.18. The van der Waals surface area contributed by atoms with Gasteiger partial charge in [0.25, 0.3) is 0 Å². The average molecular weight is 1350 g/mol. The van der Waals surface area contributed by atoms with E-state index in [1.54, 1.807) is 0 Å². The van der Waals surface area contributed by atoms with Crippen molar-refractivity contribution in [3.63, 3.8) is 0 Å². The Labute approximate surface area is 610 Å². The summed E-state index contributed by atoms with van der Waals surface area (Å²) in [5.41, 5.74) is 26.5. The third kappa shape index (κ3) is 10.2. The van der Waals surface area contributed by atoms with Gasteiger partial charge in [-0.2, -0.15) is 0 Å². The van der Waals surface area contributed by atoms with E-state index in [0.717, 1.165) is 110 Å². The van der Waals surface area contributed by atoms with Gasteiger partial charge >= 0.3 is 0 Å². The number of hydrogen-bond acceptors (Lipinski definition) is 4. The maximum Gasteiger partial charge on any atom is 0.0978 e. The van der Waals surface area contributed by atoms with Crippen molar-refractivity contribution in [2.45, 2.75) is 0 Å². The molecule has 0 saturated carbocycles. The van der Waals surface area contributed by atoms with Gasteiger partial charge in [0.1, 0.15) is 0 Å². The van der Waals surface area contributed by atoms with Crippen molar-refractivity contribution in [3.8, 4) is 78.3 Å². The van der Waals surface area contributed by atoms with Crippen LogP contribution in [0, 0.1) is 0 Å². The van der Waals surface area contributed by atoms with Crippen LogP contribution >= 0.6 is 0 Å². The topological polar surface area (TPSA) is 61.4 Å². The highest BCUT2D eigenvalue weighted by atomic mass is 15.0. The lowest BCUT2D eigenvalue weighted by Crippen LogP contribution is -2.00. The summed E-state index contributed by atoms with van der Waals surface area (Å²) in [6.07, 6.45) is 1.85. The van der Waals surface area contributed by atoms with Crippen molar-refractivity contribution in [1.29, 1.82) is 0 Å². The molecule has 0 bridgehead atoms. The van der Waals surface area contributed by atoms with Crippen molar-refractivity contribution in [1.82, 2.24) is 29.1 Å². The molecule has 6 heteroatoms. The van der Waals surface area contributed by atoms with E-state index in [4.69, 9.17) is 19.9 Å². The average Bonchev–Trinajstić information content (AvgIpc) is 0.985. The van der Waals surface area contributed by atoms with Gasteiger partial charge in [-0.15, -0.1) is 0 Å². The number of aromatic nitrogens is 6. The molecule has 0 spiro atoms. The minimum atomic E-state index is 0.909. The molecule has 6 heterocycles. The van der Waals surface area contributed by atoms with E-state index in [1.807, 2.05) is 18.3 Å². The molecule has 0 aliphatic carbocycles. The maximum atomic E-state index is 5.28. The fourth-order valence-electron chi connectivity index (χ4n) is 16.5. The number of fused-ring (bicyclic) bond motifs is 16. The van der Waals surface area contributed by atoms with Crippen LogP contribution in [0.1, 0.15) is 0 Å². The summed E-state index contributed by atoms with van der Waals surface area (Å²) in [6, 6.07) is 133. The Morgan fingerprint density at radius 1 is 0.189 bits per heavy atom. The number of nitrogens with zero attached hydrogens (tertiary/aromatic N) is 6. The molecular weight excluding hydrogens is 1290 g/mol. The molecule has 492 valence electrons. The minimum Gasteiger partial charge on any atom is -0.309 e. The Kier molecular flexibility index (Phi) is 14.2. The van der Waals surface area contributed by atoms with Crippen LogP contribution in [0.25, 0.3) is 209 Å². The molecule has 0 amide bonds. The Balaban J connectivity index is 0.000000144. The summed E-state index contributed by atoms with van der Waals surface area (Å²) >= 11 is 0. The monoisotopic (exact) mass is 1350 g/mol. The normalized spacial score (nSPS) is 11.8. The zero-order valence-corrected chi connectivity index (χ0v) is 57.5. The fourth-order valence-corrected chi connectivity index (χ4v) is 16.5. The summed E-state index contributed by atoms with van der Waals surface area (Å²) in [5, 5.41) is 16.6. The summed E-state index contributed by atoms with van der Waals surface area (Å²) in [6.45, 7) is 0. The van der Waals surface area contributed by atoms with Crippen LogP contribution in [0.2, 0.25) is 0 Å². The Bertz CT molecular complexity index is 7080. The van der Waals surface area contributed by atoms with E-state index in [0.29, 0.717) is 0 Å². The summed E-state index contributed by atoms with van der Waals surface area (Å²) in [7, 11) is 0. The number of pyridine rings is 4. The molecule has 0 aliphatic heterocycles. The fraction of sp³-hybridized carbons (Fsp3) is 0. The molecule has 0 atom stereocenters. The van der Waals surface area contributed by atoms with Gasteiger partial charge in [-0.25, -0.2) is 15.0 Å². The summed E-state index contributed by atoms with van der Waals surface area (Å²) in [5.74, 6) is 0. The third-order valence-electron chi connectivity index (χ3n) is 21.5.